The summed E-state index contributed by atoms with van der Waals surface area (Å²) in [5.74, 6) is -0.619. The number of esters is 1. The summed E-state index contributed by atoms with van der Waals surface area (Å²) >= 11 is 5.99. The molecule has 0 radical (unpaired) electrons. The van der Waals surface area contributed by atoms with Crippen molar-refractivity contribution >= 4 is 44.9 Å². The number of nitrogens with zero attached hydrogens (tertiary/aromatic N) is 1. The van der Waals surface area contributed by atoms with E-state index in [-0.39, 0.29) is 21.9 Å². The van der Waals surface area contributed by atoms with Crippen molar-refractivity contribution in [2.75, 3.05) is 37.5 Å². The summed E-state index contributed by atoms with van der Waals surface area (Å²) in [6, 6.07) is 14.9. The first-order valence-electron chi connectivity index (χ1n) is 10.6. The van der Waals surface area contributed by atoms with Gasteiger partial charge < -0.3 is 19.5 Å². The van der Waals surface area contributed by atoms with Crippen LogP contribution < -0.4 is 19.1 Å². The zero-order chi connectivity index (χ0) is 26.5. The smallest absolute Gasteiger partial charge is 0.337 e. The minimum Gasteiger partial charge on any atom is -0.493 e. The maximum atomic E-state index is 13.7. The van der Waals surface area contributed by atoms with Gasteiger partial charge in [-0.3, -0.25) is 9.10 Å². The highest BCUT2D eigenvalue weighted by Gasteiger charge is 2.28. The lowest BCUT2D eigenvalue weighted by Crippen LogP contribution is -2.38. The first-order chi connectivity index (χ1) is 17.1. The van der Waals surface area contributed by atoms with Gasteiger partial charge in [0.05, 0.1) is 37.5 Å². The fourth-order valence-electron chi connectivity index (χ4n) is 3.35. The molecule has 0 atom stereocenters. The van der Waals surface area contributed by atoms with Crippen LogP contribution >= 0.6 is 11.6 Å². The third-order valence-electron chi connectivity index (χ3n) is 5.28. The molecule has 36 heavy (non-hydrogen) atoms. The molecule has 0 saturated heterocycles. The second-order valence-electron chi connectivity index (χ2n) is 7.57. The number of carbonyl (C=O) groups excluding carboxylic acids is 2. The summed E-state index contributed by atoms with van der Waals surface area (Å²) in [7, 11) is -0.144. The molecule has 9 nitrogen and oxygen atoms in total. The molecule has 0 aliphatic carbocycles. The number of rotatable bonds is 9. The molecule has 0 unspecified atom stereocenters. The highest BCUT2D eigenvalue weighted by molar-refractivity contribution is 7.92. The Bertz CT molecular complexity index is 1380. The van der Waals surface area contributed by atoms with E-state index in [1.54, 1.807) is 19.1 Å². The Morgan fingerprint density at radius 3 is 2.19 bits per heavy atom. The number of benzene rings is 3. The van der Waals surface area contributed by atoms with Crippen LogP contribution in [0.3, 0.4) is 0 Å². The lowest BCUT2D eigenvalue weighted by molar-refractivity contribution is -0.114. The van der Waals surface area contributed by atoms with Crippen LogP contribution in [0.15, 0.2) is 65.6 Å². The lowest BCUT2D eigenvalue weighted by atomic mass is 10.1. The number of halogens is 1. The van der Waals surface area contributed by atoms with Crippen LogP contribution in [0.1, 0.15) is 15.9 Å². The van der Waals surface area contributed by atoms with Gasteiger partial charge in [-0.25, -0.2) is 13.2 Å². The second kappa shape index (κ2) is 11.3. The number of anilines is 2. The first kappa shape index (κ1) is 26.8. The second-order valence-corrected chi connectivity index (χ2v) is 9.87. The fraction of sp³-hybridized carbons (Fsp3) is 0.200. The van der Waals surface area contributed by atoms with Crippen molar-refractivity contribution in [3.8, 4) is 11.5 Å². The molecule has 0 heterocycles. The molecule has 3 aromatic carbocycles. The van der Waals surface area contributed by atoms with Crippen molar-refractivity contribution in [2.24, 2.45) is 0 Å². The lowest BCUT2D eigenvalue weighted by Gasteiger charge is -2.25. The molecule has 0 aliphatic rings. The predicted molar refractivity (Wildman–Crippen MR) is 137 cm³/mol. The van der Waals surface area contributed by atoms with Crippen LogP contribution in [0.4, 0.5) is 11.4 Å². The summed E-state index contributed by atoms with van der Waals surface area (Å²) in [6.07, 6.45) is 0. The molecular formula is C25H25ClN2O7S. The number of hydrogen-bond acceptors (Lipinski definition) is 7. The summed E-state index contributed by atoms with van der Waals surface area (Å²) in [5.41, 5.74) is 1.49. The number of aryl methyl sites for hydroxylation is 1. The predicted octanol–water partition coefficient (Wildman–Crippen LogP) is 4.29. The third kappa shape index (κ3) is 5.89. The fourth-order valence-corrected chi connectivity index (χ4v) is 4.91. The summed E-state index contributed by atoms with van der Waals surface area (Å²) < 4.78 is 43.5. The molecule has 1 N–H and O–H groups in total. The molecule has 0 spiro atoms. The molecule has 0 aromatic heterocycles. The van der Waals surface area contributed by atoms with Crippen LogP contribution in [-0.4, -0.2) is 48.2 Å². The Labute approximate surface area is 214 Å². The zero-order valence-corrected chi connectivity index (χ0v) is 21.6. The van der Waals surface area contributed by atoms with Crippen LogP contribution in [0, 0.1) is 6.92 Å². The van der Waals surface area contributed by atoms with Crippen molar-refractivity contribution in [3.05, 3.63) is 76.8 Å². The van der Waals surface area contributed by atoms with Crippen LogP contribution in [0.5, 0.6) is 11.5 Å². The van der Waals surface area contributed by atoms with E-state index < -0.39 is 28.4 Å². The normalized spacial score (nSPS) is 10.9. The SMILES string of the molecule is COC(=O)c1ccc(C)c(NC(=O)CN(c2ccc(Cl)cc2)S(=O)(=O)c2ccc(OC)c(OC)c2)c1. The quantitative estimate of drug-likeness (QED) is 0.409. The average Bonchev–Trinajstić information content (AvgIpc) is 2.88. The number of hydrogen-bond donors (Lipinski definition) is 1. The van der Waals surface area contributed by atoms with E-state index in [1.165, 1.54) is 69.9 Å². The van der Waals surface area contributed by atoms with Crippen LogP contribution in [0.2, 0.25) is 5.02 Å². The number of sulfonamides is 1. The van der Waals surface area contributed by atoms with Gasteiger partial charge in [0.15, 0.2) is 11.5 Å². The summed E-state index contributed by atoms with van der Waals surface area (Å²) in [4.78, 5) is 24.8. The molecule has 0 bridgehead atoms. The number of amides is 1. The van der Waals surface area contributed by atoms with Gasteiger partial charge in [-0.05, 0) is 61.0 Å². The van der Waals surface area contributed by atoms with Gasteiger partial charge in [0, 0.05) is 16.8 Å². The van der Waals surface area contributed by atoms with Gasteiger partial charge in [0.1, 0.15) is 6.54 Å². The van der Waals surface area contributed by atoms with E-state index in [9.17, 15) is 18.0 Å². The van der Waals surface area contributed by atoms with E-state index in [1.807, 2.05) is 0 Å². The van der Waals surface area contributed by atoms with Gasteiger partial charge in [-0.15, -0.1) is 0 Å². The van der Waals surface area contributed by atoms with Crippen LogP contribution in [0.25, 0.3) is 0 Å². The van der Waals surface area contributed by atoms with Gasteiger partial charge in [-0.1, -0.05) is 17.7 Å². The largest absolute Gasteiger partial charge is 0.493 e. The van der Waals surface area contributed by atoms with Gasteiger partial charge in [0.25, 0.3) is 10.0 Å². The van der Waals surface area contributed by atoms with E-state index in [0.717, 1.165) is 4.31 Å². The molecule has 190 valence electrons. The standard InChI is InChI=1S/C25H25ClN2O7S/c1-16-5-6-17(25(30)35-4)13-21(16)27-24(29)15-28(19-9-7-18(26)8-10-19)36(31,32)20-11-12-22(33-2)23(14-20)34-3/h5-14H,15H2,1-4H3,(H,27,29). The van der Waals surface area contributed by atoms with Gasteiger partial charge >= 0.3 is 5.97 Å². The number of carbonyl (C=O) groups is 2. The molecule has 0 saturated carbocycles. The molecule has 0 fully saturated rings. The van der Waals surface area contributed by atoms with Crippen molar-refractivity contribution in [2.45, 2.75) is 11.8 Å². The van der Waals surface area contributed by atoms with Crippen molar-refractivity contribution < 1.29 is 32.2 Å². The zero-order valence-electron chi connectivity index (χ0n) is 20.1. The molecule has 0 aliphatic heterocycles. The Hall–Kier alpha value is -3.76. The average molecular weight is 533 g/mol. The van der Waals surface area contributed by atoms with Crippen molar-refractivity contribution in [1.82, 2.24) is 0 Å². The van der Waals surface area contributed by atoms with E-state index in [4.69, 9.17) is 25.8 Å². The van der Waals surface area contributed by atoms with Gasteiger partial charge in [0.2, 0.25) is 5.91 Å². The topological polar surface area (TPSA) is 111 Å². The maximum absolute atomic E-state index is 13.7. The Kier molecular flexibility index (Phi) is 8.44. The highest BCUT2D eigenvalue weighted by Crippen LogP contribution is 2.32. The minimum absolute atomic E-state index is 0.105. The van der Waals surface area contributed by atoms with Crippen molar-refractivity contribution in [1.29, 1.82) is 0 Å². The molecule has 1 amide bonds. The molecular weight excluding hydrogens is 508 g/mol. The Balaban J connectivity index is 1.99. The summed E-state index contributed by atoms with van der Waals surface area (Å²) in [6.45, 7) is 1.19. The first-order valence-corrected chi connectivity index (χ1v) is 12.4. The molecule has 3 rings (SSSR count). The Morgan fingerprint density at radius 2 is 1.58 bits per heavy atom. The third-order valence-corrected chi connectivity index (χ3v) is 7.30. The minimum atomic E-state index is -4.23. The molecule has 3 aromatic rings. The number of methoxy groups -OCH3 is 3. The van der Waals surface area contributed by atoms with E-state index in [2.05, 4.69) is 5.32 Å². The van der Waals surface area contributed by atoms with Gasteiger partial charge in [-0.2, -0.15) is 0 Å². The monoisotopic (exact) mass is 532 g/mol. The van der Waals surface area contributed by atoms with Crippen LogP contribution in [-0.2, 0) is 19.6 Å². The highest BCUT2D eigenvalue weighted by atomic mass is 35.5. The van der Waals surface area contributed by atoms with Crippen molar-refractivity contribution in [3.63, 3.8) is 0 Å². The maximum Gasteiger partial charge on any atom is 0.337 e. The molecule has 11 heteroatoms. The summed E-state index contributed by atoms with van der Waals surface area (Å²) in [5, 5.41) is 3.09. The number of nitrogens with one attached hydrogen (secondary N) is 1. The number of ether oxygens (including phenoxy) is 3. The van der Waals surface area contributed by atoms with E-state index >= 15 is 0 Å². The van der Waals surface area contributed by atoms with E-state index in [0.29, 0.717) is 22.0 Å². The Morgan fingerprint density at radius 1 is 0.917 bits per heavy atom.